The fourth-order valence-corrected chi connectivity index (χ4v) is 9.52. The number of benzene rings is 1. The molecule has 2 aromatic heterocycles. The van der Waals surface area contributed by atoms with Crippen LogP contribution in [0.3, 0.4) is 0 Å². The minimum absolute atomic E-state index is 0.0213. The van der Waals surface area contributed by atoms with Gasteiger partial charge in [-0.1, -0.05) is 38.4 Å². The van der Waals surface area contributed by atoms with Crippen molar-refractivity contribution >= 4 is 62.8 Å². The number of carbonyl (C=O) groups is 4. The second-order valence-electron chi connectivity index (χ2n) is 17.6. The number of esters is 1. The first kappa shape index (κ1) is 43.4. The van der Waals surface area contributed by atoms with Crippen LogP contribution in [0.5, 0.6) is 11.5 Å². The van der Waals surface area contributed by atoms with Gasteiger partial charge in [-0.3, -0.25) is 9.59 Å². The van der Waals surface area contributed by atoms with Crippen molar-refractivity contribution in [3.8, 4) is 22.9 Å². The highest BCUT2D eigenvalue weighted by molar-refractivity contribution is 7.14. The molecule has 4 aliphatic rings. The van der Waals surface area contributed by atoms with Crippen LogP contribution in [0.4, 0.5) is 9.93 Å². The number of nitrogens with zero attached hydrogens (tertiary/aromatic N) is 3. The molecule has 324 valence electrons. The summed E-state index contributed by atoms with van der Waals surface area (Å²) >= 11 is 8.41. The molecule has 60 heavy (non-hydrogen) atoms. The summed E-state index contributed by atoms with van der Waals surface area (Å²) in [6.07, 6.45) is 3.20. The molecule has 4 fully saturated rings. The van der Waals surface area contributed by atoms with Gasteiger partial charge in [-0.25, -0.2) is 19.6 Å². The number of rotatable bonds is 16. The molecule has 3 amide bonds. The highest BCUT2D eigenvalue weighted by atomic mass is 35.5. The van der Waals surface area contributed by atoms with Crippen molar-refractivity contribution in [1.29, 1.82) is 0 Å². The number of alkyl carbamates (subject to hydrolysis) is 1. The monoisotopic (exact) mass is 866 g/mol. The minimum atomic E-state index is -1.30. The Balaban J connectivity index is 1.21. The van der Waals surface area contributed by atoms with Gasteiger partial charge in [-0.15, -0.1) is 17.9 Å². The van der Waals surface area contributed by atoms with E-state index in [1.807, 2.05) is 40.0 Å². The van der Waals surface area contributed by atoms with Crippen molar-refractivity contribution in [2.75, 3.05) is 39.3 Å². The summed E-state index contributed by atoms with van der Waals surface area (Å²) in [4.78, 5) is 66.7. The predicted octanol–water partition coefficient (Wildman–Crippen LogP) is 6.38. The van der Waals surface area contributed by atoms with E-state index in [4.69, 9.17) is 45.3 Å². The van der Waals surface area contributed by atoms with Crippen molar-refractivity contribution < 1.29 is 42.9 Å². The van der Waals surface area contributed by atoms with Gasteiger partial charge in [-0.05, 0) is 68.9 Å². The standard InChI is InChI=1S/C43H55ClN6O9S/c1-9-25-19-43(25,39(53)56-8)49-37(51)31-17-27(20-50(31)38(52)36(42(4,5)6)48-41(54)59-26-15-23-14-24(23)16-26)58-33-18-29(30-21-60-40(47-30)45-22(2)3)46-35-28(33)10-11-32(34(35)44)57-13-12-55-7/h9-11,18,21-27,31,36H,1,12-17,19-20H2,2-8H3,(H,45,47)(H,48,54)(H,49,51)/t23-,24+,25-,26+,27-,31+,36-,43?/m1/s1. The third-order valence-corrected chi connectivity index (χ3v) is 12.9. The Bertz CT molecular complexity index is 2130. The summed E-state index contributed by atoms with van der Waals surface area (Å²) in [5, 5.41) is 12.5. The van der Waals surface area contributed by atoms with Gasteiger partial charge in [0.05, 0.1) is 31.5 Å². The molecule has 3 aromatic rings. The van der Waals surface area contributed by atoms with E-state index in [0.717, 1.165) is 18.0 Å². The van der Waals surface area contributed by atoms with Gasteiger partial charge in [0.2, 0.25) is 11.8 Å². The number of hydrogen-bond acceptors (Lipinski definition) is 13. The number of thiazole rings is 1. The number of anilines is 1. The Hall–Kier alpha value is -4.67. The molecular formula is C43H55ClN6O9S. The molecule has 0 spiro atoms. The maximum Gasteiger partial charge on any atom is 0.408 e. The van der Waals surface area contributed by atoms with Crippen LogP contribution in [0.1, 0.15) is 66.7 Å². The van der Waals surface area contributed by atoms with Crippen LogP contribution >= 0.6 is 22.9 Å². The Morgan fingerprint density at radius 2 is 1.78 bits per heavy atom. The average molecular weight is 867 g/mol. The molecule has 3 heterocycles. The molecule has 3 aliphatic carbocycles. The minimum Gasteiger partial charge on any atom is -0.490 e. The van der Waals surface area contributed by atoms with Gasteiger partial charge in [0.1, 0.15) is 58.7 Å². The quantitative estimate of drug-likeness (QED) is 0.0824. The molecule has 0 bridgehead atoms. The maximum absolute atomic E-state index is 14.8. The number of nitrogens with one attached hydrogen (secondary N) is 3. The summed E-state index contributed by atoms with van der Waals surface area (Å²) in [7, 11) is 2.84. The van der Waals surface area contributed by atoms with E-state index in [0.29, 0.717) is 58.7 Å². The first-order chi connectivity index (χ1) is 28.5. The van der Waals surface area contributed by atoms with Crippen molar-refractivity contribution in [3.63, 3.8) is 0 Å². The van der Waals surface area contributed by atoms with Crippen LogP contribution in [-0.4, -0.2) is 109 Å². The summed E-state index contributed by atoms with van der Waals surface area (Å²) in [6, 6.07) is 3.31. The first-order valence-electron chi connectivity index (χ1n) is 20.5. The number of likely N-dealkylation sites (tertiary alicyclic amines) is 1. The zero-order valence-electron chi connectivity index (χ0n) is 35.2. The molecule has 0 radical (unpaired) electrons. The molecular weight excluding hydrogens is 812 g/mol. The van der Waals surface area contributed by atoms with E-state index in [2.05, 4.69) is 22.5 Å². The average Bonchev–Trinajstić information content (AvgIpc) is 3.86. The summed E-state index contributed by atoms with van der Waals surface area (Å²) in [5.74, 6) is 0.0236. The predicted molar refractivity (Wildman–Crippen MR) is 227 cm³/mol. The van der Waals surface area contributed by atoms with Gasteiger partial charge in [0, 0.05) is 42.3 Å². The zero-order valence-corrected chi connectivity index (χ0v) is 36.7. The Labute approximate surface area is 359 Å². The highest BCUT2D eigenvalue weighted by Gasteiger charge is 2.62. The number of ether oxygens (including phenoxy) is 5. The second-order valence-corrected chi connectivity index (χ2v) is 18.9. The number of amides is 3. The number of halogens is 1. The normalized spacial score (nSPS) is 25.9. The van der Waals surface area contributed by atoms with E-state index in [1.54, 1.807) is 31.4 Å². The smallest absolute Gasteiger partial charge is 0.408 e. The van der Waals surface area contributed by atoms with Gasteiger partial charge < -0.3 is 44.5 Å². The van der Waals surface area contributed by atoms with Crippen LogP contribution in [0, 0.1) is 23.2 Å². The molecule has 1 aromatic carbocycles. The van der Waals surface area contributed by atoms with Crippen LogP contribution in [0.2, 0.25) is 5.02 Å². The fourth-order valence-electron chi connectivity index (χ4n) is 8.40. The van der Waals surface area contributed by atoms with E-state index in [9.17, 15) is 19.2 Å². The molecule has 3 N–H and O–H groups in total. The summed E-state index contributed by atoms with van der Waals surface area (Å²) in [6.45, 7) is 14.0. The Kier molecular flexibility index (Phi) is 12.6. The molecule has 1 saturated heterocycles. The molecule has 17 heteroatoms. The third kappa shape index (κ3) is 9.15. The third-order valence-electron chi connectivity index (χ3n) is 11.8. The van der Waals surface area contributed by atoms with E-state index >= 15 is 0 Å². The second kappa shape index (κ2) is 17.4. The molecule has 8 atom stereocenters. The van der Waals surface area contributed by atoms with E-state index < -0.39 is 53.0 Å². The number of methoxy groups -OCH3 is 2. The fraction of sp³-hybridized carbons (Fsp3) is 0.581. The molecule has 3 saturated carbocycles. The number of fused-ring (bicyclic) bond motifs is 2. The van der Waals surface area contributed by atoms with Crippen molar-refractivity contribution in [3.05, 3.63) is 41.3 Å². The van der Waals surface area contributed by atoms with E-state index in [1.165, 1.54) is 29.8 Å². The van der Waals surface area contributed by atoms with Gasteiger partial charge >= 0.3 is 12.1 Å². The molecule has 7 rings (SSSR count). The maximum atomic E-state index is 14.8. The Morgan fingerprint density at radius 1 is 1.03 bits per heavy atom. The lowest BCUT2D eigenvalue weighted by molar-refractivity contribution is -0.148. The van der Waals surface area contributed by atoms with Crippen LogP contribution in [0.25, 0.3) is 22.3 Å². The van der Waals surface area contributed by atoms with E-state index in [-0.39, 0.29) is 42.7 Å². The number of aromatic nitrogens is 2. The lowest BCUT2D eigenvalue weighted by atomic mass is 9.85. The van der Waals surface area contributed by atoms with Crippen LogP contribution in [-0.2, 0) is 28.6 Å². The lowest BCUT2D eigenvalue weighted by Gasteiger charge is -2.35. The van der Waals surface area contributed by atoms with Crippen molar-refractivity contribution in [2.45, 2.75) is 103 Å². The van der Waals surface area contributed by atoms with Crippen LogP contribution < -0.4 is 25.4 Å². The summed E-state index contributed by atoms with van der Waals surface area (Å²) in [5.41, 5.74) is -0.599. The Morgan fingerprint density at radius 3 is 2.43 bits per heavy atom. The molecule has 15 nitrogen and oxygen atoms in total. The van der Waals surface area contributed by atoms with Crippen molar-refractivity contribution in [1.82, 2.24) is 25.5 Å². The van der Waals surface area contributed by atoms with Gasteiger partial charge in [0.15, 0.2) is 5.13 Å². The number of hydrogen-bond donors (Lipinski definition) is 3. The van der Waals surface area contributed by atoms with Gasteiger partial charge in [0.25, 0.3) is 0 Å². The largest absolute Gasteiger partial charge is 0.490 e. The first-order valence-corrected chi connectivity index (χ1v) is 21.8. The zero-order chi connectivity index (χ0) is 43.1. The number of carbonyl (C=O) groups excluding carboxylic acids is 4. The number of pyridine rings is 1. The van der Waals surface area contributed by atoms with Crippen LogP contribution in [0.15, 0.2) is 36.2 Å². The van der Waals surface area contributed by atoms with Gasteiger partial charge in [-0.2, -0.15) is 0 Å². The summed E-state index contributed by atoms with van der Waals surface area (Å²) < 4.78 is 28.7. The molecule has 1 unspecified atom stereocenters. The highest BCUT2D eigenvalue weighted by Crippen LogP contribution is 2.52. The topological polar surface area (TPSA) is 180 Å². The lowest BCUT2D eigenvalue weighted by Crippen LogP contribution is -2.59. The van der Waals surface area contributed by atoms with Crippen molar-refractivity contribution in [2.24, 2.45) is 23.2 Å². The molecule has 1 aliphatic heterocycles. The SMILES string of the molecule is C=C[C@@H]1CC1(NC(=O)[C@@H]1C[C@@H](Oc2cc(-c3csc(NC(C)C)n3)nc3c(Cl)c(OCCOC)ccc23)CN1C(=O)[C@@H](NC(=O)O[C@@H]1C[C@@H]2C[C@@H]2C1)C(C)(C)C)C(=O)OC.